The third kappa shape index (κ3) is 3.92. The van der Waals surface area contributed by atoms with Crippen molar-refractivity contribution in [2.24, 2.45) is 0 Å². The summed E-state index contributed by atoms with van der Waals surface area (Å²) in [6.07, 6.45) is 2.42. The number of halogens is 1. The molecule has 0 saturated heterocycles. The first-order valence-electron chi connectivity index (χ1n) is 6.39. The maximum atomic E-state index is 12.7. The van der Waals surface area contributed by atoms with Gasteiger partial charge in [0.25, 0.3) is 0 Å². The van der Waals surface area contributed by atoms with E-state index in [0.717, 1.165) is 12.8 Å². The highest BCUT2D eigenvalue weighted by Crippen LogP contribution is 2.24. The van der Waals surface area contributed by atoms with Gasteiger partial charge in [-0.05, 0) is 44.0 Å². The third-order valence-corrected chi connectivity index (χ3v) is 3.26. The minimum Gasteiger partial charge on any atom is -0.494 e. The summed E-state index contributed by atoms with van der Waals surface area (Å²) in [6, 6.07) is 6.00. The van der Waals surface area contributed by atoms with Crippen LogP contribution in [0.3, 0.4) is 0 Å². The van der Waals surface area contributed by atoms with Crippen LogP contribution in [0.2, 0.25) is 0 Å². The van der Waals surface area contributed by atoms with Gasteiger partial charge in [0, 0.05) is 12.5 Å². The Kier molecular flexibility index (Phi) is 4.04. The average molecular weight is 267 g/mol. The van der Waals surface area contributed by atoms with Crippen LogP contribution in [0.5, 0.6) is 5.75 Å². The molecule has 5 heteroatoms. The molecule has 0 spiro atoms. The number of aliphatic carboxylic acids is 1. The zero-order chi connectivity index (χ0) is 13.9. The Labute approximate surface area is 111 Å². The van der Waals surface area contributed by atoms with E-state index in [1.165, 1.54) is 24.3 Å². The van der Waals surface area contributed by atoms with Gasteiger partial charge in [-0.3, -0.25) is 10.1 Å². The fourth-order valence-corrected chi connectivity index (χ4v) is 1.82. The van der Waals surface area contributed by atoms with Gasteiger partial charge in [0.05, 0.1) is 6.61 Å². The monoisotopic (exact) mass is 267 g/mol. The highest BCUT2D eigenvalue weighted by atomic mass is 19.1. The lowest BCUT2D eigenvalue weighted by molar-refractivity contribution is -0.144. The van der Waals surface area contributed by atoms with Crippen LogP contribution in [0.15, 0.2) is 24.3 Å². The van der Waals surface area contributed by atoms with E-state index in [4.69, 9.17) is 4.74 Å². The number of carboxylic acid groups (broad SMARTS) is 1. The molecule has 1 aromatic rings. The van der Waals surface area contributed by atoms with E-state index in [0.29, 0.717) is 18.2 Å². The van der Waals surface area contributed by atoms with Gasteiger partial charge in [-0.25, -0.2) is 4.39 Å². The van der Waals surface area contributed by atoms with E-state index in [-0.39, 0.29) is 12.4 Å². The molecule has 0 amide bonds. The molecule has 0 aliphatic heterocycles. The second-order valence-electron chi connectivity index (χ2n) is 5.11. The maximum absolute atomic E-state index is 12.7. The number of carbonyl (C=O) groups is 1. The molecule has 1 aliphatic rings. The fourth-order valence-electron chi connectivity index (χ4n) is 1.82. The van der Waals surface area contributed by atoms with Gasteiger partial charge in [-0.15, -0.1) is 0 Å². The van der Waals surface area contributed by atoms with Crippen molar-refractivity contribution in [2.45, 2.75) is 37.8 Å². The minimum atomic E-state index is -0.971. The Balaban J connectivity index is 1.84. The second-order valence-corrected chi connectivity index (χ2v) is 5.11. The highest BCUT2D eigenvalue weighted by Gasteiger charge is 2.38. The smallest absolute Gasteiger partial charge is 0.323 e. The van der Waals surface area contributed by atoms with Crippen LogP contribution in [-0.2, 0) is 4.79 Å². The molecular formula is C14H18FNO3. The van der Waals surface area contributed by atoms with Crippen LogP contribution in [0, 0.1) is 5.82 Å². The Morgan fingerprint density at radius 2 is 2.11 bits per heavy atom. The number of carboxylic acids is 1. The standard InChI is InChI=1S/C14H18FNO3/c1-14(13(17)18,16-11-4-5-11)8-9-19-12-6-2-10(15)3-7-12/h2-3,6-7,11,16H,4-5,8-9H2,1H3,(H,17,18). The molecule has 0 bridgehead atoms. The Morgan fingerprint density at radius 1 is 1.47 bits per heavy atom. The Morgan fingerprint density at radius 3 is 2.63 bits per heavy atom. The normalized spacial score (nSPS) is 17.8. The summed E-state index contributed by atoms with van der Waals surface area (Å²) in [6.45, 7) is 1.94. The number of rotatable bonds is 7. The molecule has 1 saturated carbocycles. The van der Waals surface area contributed by atoms with E-state index in [9.17, 15) is 14.3 Å². The van der Waals surface area contributed by atoms with Gasteiger partial charge in [-0.1, -0.05) is 0 Å². The second kappa shape index (κ2) is 5.57. The number of nitrogens with one attached hydrogen (secondary N) is 1. The molecule has 104 valence electrons. The molecule has 1 aliphatic carbocycles. The molecule has 1 aromatic carbocycles. The van der Waals surface area contributed by atoms with Gasteiger partial charge >= 0.3 is 5.97 Å². The SMILES string of the molecule is CC(CCOc1ccc(F)cc1)(NC1CC1)C(=O)O. The van der Waals surface area contributed by atoms with Gasteiger partial charge in [0.15, 0.2) is 0 Å². The van der Waals surface area contributed by atoms with Crippen LogP contribution in [0.25, 0.3) is 0 Å². The number of benzene rings is 1. The summed E-state index contributed by atoms with van der Waals surface area (Å²) in [5.74, 6) is -0.652. The number of hydrogen-bond acceptors (Lipinski definition) is 3. The third-order valence-electron chi connectivity index (χ3n) is 3.26. The topological polar surface area (TPSA) is 58.6 Å². The van der Waals surface area contributed by atoms with Crippen molar-refractivity contribution in [3.8, 4) is 5.75 Å². The molecule has 1 fully saturated rings. The maximum Gasteiger partial charge on any atom is 0.323 e. The largest absolute Gasteiger partial charge is 0.494 e. The van der Waals surface area contributed by atoms with Crippen molar-refractivity contribution in [2.75, 3.05) is 6.61 Å². The Bertz CT molecular complexity index is 445. The molecule has 1 atom stereocenters. The molecule has 2 rings (SSSR count). The summed E-state index contributed by atoms with van der Waals surface area (Å²) in [5.41, 5.74) is -0.971. The predicted octanol–water partition coefficient (Wildman–Crippen LogP) is 2.19. The molecule has 0 aromatic heterocycles. The first kappa shape index (κ1) is 13.8. The molecule has 19 heavy (non-hydrogen) atoms. The van der Waals surface area contributed by atoms with Gasteiger partial charge < -0.3 is 9.84 Å². The first-order valence-corrected chi connectivity index (χ1v) is 6.39. The molecule has 0 radical (unpaired) electrons. The quantitative estimate of drug-likeness (QED) is 0.795. The number of hydrogen-bond donors (Lipinski definition) is 2. The zero-order valence-electron chi connectivity index (χ0n) is 10.9. The number of ether oxygens (including phenoxy) is 1. The van der Waals surface area contributed by atoms with Crippen LogP contribution >= 0.6 is 0 Å². The fraction of sp³-hybridized carbons (Fsp3) is 0.500. The predicted molar refractivity (Wildman–Crippen MR) is 68.7 cm³/mol. The molecular weight excluding hydrogens is 249 g/mol. The minimum absolute atomic E-state index is 0.272. The van der Waals surface area contributed by atoms with Gasteiger partial charge in [-0.2, -0.15) is 0 Å². The van der Waals surface area contributed by atoms with E-state index < -0.39 is 11.5 Å². The summed E-state index contributed by atoms with van der Waals surface area (Å²) in [7, 11) is 0. The summed E-state index contributed by atoms with van der Waals surface area (Å²) in [4.78, 5) is 11.3. The summed E-state index contributed by atoms with van der Waals surface area (Å²) < 4.78 is 18.1. The zero-order valence-corrected chi connectivity index (χ0v) is 10.9. The van der Waals surface area contributed by atoms with Crippen molar-refractivity contribution in [1.29, 1.82) is 0 Å². The van der Waals surface area contributed by atoms with E-state index in [1.54, 1.807) is 6.92 Å². The van der Waals surface area contributed by atoms with Crippen molar-refractivity contribution in [3.63, 3.8) is 0 Å². The molecule has 1 unspecified atom stereocenters. The lowest BCUT2D eigenvalue weighted by Crippen LogP contribution is -2.51. The lowest BCUT2D eigenvalue weighted by atomic mass is 9.98. The molecule has 2 N–H and O–H groups in total. The summed E-state index contributed by atoms with van der Waals surface area (Å²) >= 11 is 0. The van der Waals surface area contributed by atoms with Crippen LogP contribution in [0.4, 0.5) is 4.39 Å². The molecule has 0 heterocycles. The van der Waals surface area contributed by atoms with Crippen LogP contribution < -0.4 is 10.1 Å². The van der Waals surface area contributed by atoms with Gasteiger partial charge in [0.1, 0.15) is 17.1 Å². The van der Waals surface area contributed by atoms with Crippen molar-refractivity contribution in [3.05, 3.63) is 30.1 Å². The highest BCUT2D eigenvalue weighted by molar-refractivity contribution is 5.78. The summed E-state index contributed by atoms with van der Waals surface area (Å²) in [5, 5.41) is 12.4. The van der Waals surface area contributed by atoms with Crippen molar-refractivity contribution < 1.29 is 19.0 Å². The molecule has 4 nitrogen and oxygen atoms in total. The average Bonchev–Trinajstić information content (AvgIpc) is 3.15. The van der Waals surface area contributed by atoms with E-state index in [2.05, 4.69) is 5.32 Å². The van der Waals surface area contributed by atoms with Crippen molar-refractivity contribution >= 4 is 5.97 Å². The lowest BCUT2D eigenvalue weighted by Gasteiger charge is -2.26. The first-order chi connectivity index (χ1) is 8.99. The van der Waals surface area contributed by atoms with Gasteiger partial charge in [0.2, 0.25) is 0 Å². The van der Waals surface area contributed by atoms with Crippen molar-refractivity contribution in [1.82, 2.24) is 5.32 Å². The van der Waals surface area contributed by atoms with E-state index >= 15 is 0 Å². The van der Waals surface area contributed by atoms with Crippen LogP contribution in [0.1, 0.15) is 26.2 Å². The van der Waals surface area contributed by atoms with E-state index in [1.807, 2.05) is 0 Å². The Hall–Kier alpha value is -1.62. The van der Waals surface area contributed by atoms with Crippen LogP contribution in [-0.4, -0.2) is 29.3 Å².